The normalized spacial score (nSPS) is 21.8. The third kappa shape index (κ3) is 3.97. The molecule has 1 aliphatic rings. The number of hydrogen-bond donors (Lipinski definition) is 2. The average molecular weight is 291 g/mol. The van der Waals surface area contributed by atoms with Gasteiger partial charge in [-0.1, -0.05) is 6.07 Å². The molecule has 1 amide bonds. The van der Waals surface area contributed by atoms with Gasteiger partial charge in [-0.3, -0.25) is 9.59 Å². The lowest BCUT2D eigenvalue weighted by Gasteiger charge is -2.26. The van der Waals surface area contributed by atoms with E-state index in [2.05, 4.69) is 0 Å². The van der Waals surface area contributed by atoms with Gasteiger partial charge in [-0.25, -0.2) is 0 Å². The second kappa shape index (κ2) is 6.61. The number of carboxylic acids is 1. The molecule has 1 fully saturated rings. The summed E-state index contributed by atoms with van der Waals surface area (Å²) in [7, 11) is 0. The number of carbonyl (C=O) groups is 2. The molecular weight excluding hydrogens is 270 g/mol. The van der Waals surface area contributed by atoms with Gasteiger partial charge in [0.1, 0.15) is 5.75 Å². The summed E-state index contributed by atoms with van der Waals surface area (Å²) in [6.45, 7) is 2.38. The highest BCUT2D eigenvalue weighted by atomic mass is 16.5. The summed E-state index contributed by atoms with van der Waals surface area (Å²) in [5, 5.41) is 8.97. The number of aryl methyl sites for hydroxylation is 1. The lowest BCUT2D eigenvalue weighted by molar-refractivity contribution is -0.143. The zero-order chi connectivity index (χ0) is 15.4. The second-order valence-electron chi connectivity index (χ2n) is 5.71. The molecule has 21 heavy (non-hydrogen) atoms. The van der Waals surface area contributed by atoms with Crippen LogP contribution in [-0.2, 0) is 4.79 Å². The van der Waals surface area contributed by atoms with Crippen LogP contribution in [0.3, 0.4) is 0 Å². The van der Waals surface area contributed by atoms with Crippen molar-refractivity contribution in [3.05, 3.63) is 29.3 Å². The van der Waals surface area contributed by atoms with Gasteiger partial charge < -0.3 is 15.6 Å². The first kappa shape index (κ1) is 15.4. The molecule has 0 aliphatic heterocycles. The predicted molar refractivity (Wildman–Crippen MR) is 78.3 cm³/mol. The fourth-order valence-electron chi connectivity index (χ4n) is 2.75. The van der Waals surface area contributed by atoms with Crippen molar-refractivity contribution in [2.75, 3.05) is 6.61 Å². The third-order valence-corrected chi connectivity index (χ3v) is 4.16. The molecule has 0 unspecified atom stereocenters. The van der Waals surface area contributed by atoms with E-state index in [9.17, 15) is 9.59 Å². The van der Waals surface area contributed by atoms with E-state index in [-0.39, 0.29) is 5.92 Å². The number of aliphatic carboxylic acids is 1. The molecule has 0 saturated heterocycles. The first-order valence-corrected chi connectivity index (χ1v) is 7.23. The highest BCUT2D eigenvalue weighted by Gasteiger charge is 2.26. The SMILES string of the molecule is Cc1ccc(OCC2CCC(C(=O)O)CC2)cc1C(N)=O. The van der Waals surface area contributed by atoms with Gasteiger partial charge in [-0.2, -0.15) is 0 Å². The quantitative estimate of drug-likeness (QED) is 0.871. The molecule has 0 radical (unpaired) electrons. The predicted octanol–water partition coefficient (Wildman–Crippen LogP) is 2.36. The molecule has 1 aromatic rings. The van der Waals surface area contributed by atoms with Crippen molar-refractivity contribution >= 4 is 11.9 Å². The van der Waals surface area contributed by atoms with Crippen LogP contribution in [0.15, 0.2) is 18.2 Å². The largest absolute Gasteiger partial charge is 0.493 e. The van der Waals surface area contributed by atoms with E-state index in [0.29, 0.717) is 36.7 Å². The fourth-order valence-corrected chi connectivity index (χ4v) is 2.75. The Morgan fingerprint density at radius 1 is 1.29 bits per heavy atom. The molecule has 0 heterocycles. The molecule has 114 valence electrons. The summed E-state index contributed by atoms with van der Waals surface area (Å²) in [5.74, 6) is -0.352. The van der Waals surface area contributed by atoms with Crippen molar-refractivity contribution in [3.8, 4) is 5.75 Å². The Kier molecular flexibility index (Phi) is 4.83. The zero-order valence-corrected chi connectivity index (χ0v) is 12.2. The van der Waals surface area contributed by atoms with Crippen LogP contribution in [0.2, 0.25) is 0 Å². The molecular formula is C16H21NO4. The van der Waals surface area contributed by atoms with Gasteiger partial charge in [-0.05, 0) is 56.2 Å². The number of primary amides is 1. The van der Waals surface area contributed by atoms with Crippen molar-refractivity contribution in [1.29, 1.82) is 0 Å². The van der Waals surface area contributed by atoms with Crippen LogP contribution in [0.1, 0.15) is 41.6 Å². The monoisotopic (exact) mass is 291 g/mol. The van der Waals surface area contributed by atoms with E-state index >= 15 is 0 Å². The molecule has 0 bridgehead atoms. The van der Waals surface area contributed by atoms with E-state index in [1.165, 1.54) is 0 Å². The van der Waals surface area contributed by atoms with Crippen LogP contribution in [0.25, 0.3) is 0 Å². The zero-order valence-electron chi connectivity index (χ0n) is 12.2. The Bertz CT molecular complexity index is 533. The molecule has 2 rings (SSSR count). The van der Waals surface area contributed by atoms with Gasteiger partial charge in [0.2, 0.25) is 5.91 Å². The van der Waals surface area contributed by atoms with Crippen LogP contribution in [0.4, 0.5) is 0 Å². The van der Waals surface area contributed by atoms with Crippen molar-refractivity contribution in [2.45, 2.75) is 32.6 Å². The minimum Gasteiger partial charge on any atom is -0.493 e. The van der Waals surface area contributed by atoms with Crippen LogP contribution >= 0.6 is 0 Å². The lowest BCUT2D eigenvalue weighted by Crippen LogP contribution is -2.24. The van der Waals surface area contributed by atoms with Crippen molar-refractivity contribution in [3.63, 3.8) is 0 Å². The Morgan fingerprint density at radius 3 is 2.52 bits per heavy atom. The van der Waals surface area contributed by atoms with E-state index in [1.54, 1.807) is 6.07 Å². The first-order valence-electron chi connectivity index (χ1n) is 7.23. The summed E-state index contributed by atoms with van der Waals surface area (Å²) < 4.78 is 5.73. The molecule has 0 spiro atoms. The van der Waals surface area contributed by atoms with Gasteiger partial charge in [0.15, 0.2) is 0 Å². The van der Waals surface area contributed by atoms with E-state index in [0.717, 1.165) is 18.4 Å². The maximum atomic E-state index is 11.3. The van der Waals surface area contributed by atoms with Crippen molar-refractivity contribution in [1.82, 2.24) is 0 Å². The minimum absolute atomic E-state index is 0.206. The number of rotatable bonds is 5. The molecule has 0 atom stereocenters. The smallest absolute Gasteiger partial charge is 0.306 e. The first-order chi connectivity index (χ1) is 9.97. The Morgan fingerprint density at radius 2 is 1.95 bits per heavy atom. The van der Waals surface area contributed by atoms with E-state index in [4.69, 9.17) is 15.6 Å². The van der Waals surface area contributed by atoms with Crippen LogP contribution in [-0.4, -0.2) is 23.6 Å². The van der Waals surface area contributed by atoms with Crippen LogP contribution < -0.4 is 10.5 Å². The summed E-state index contributed by atoms with van der Waals surface area (Å²) in [6, 6.07) is 5.31. The third-order valence-electron chi connectivity index (χ3n) is 4.16. The lowest BCUT2D eigenvalue weighted by atomic mass is 9.82. The molecule has 1 aliphatic carbocycles. The minimum atomic E-state index is -0.695. The maximum absolute atomic E-state index is 11.3. The number of ether oxygens (including phenoxy) is 1. The summed E-state index contributed by atoms with van der Waals surface area (Å²) >= 11 is 0. The highest BCUT2D eigenvalue weighted by Crippen LogP contribution is 2.29. The van der Waals surface area contributed by atoms with Gasteiger partial charge in [0.05, 0.1) is 12.5 Å². The molecule has 1 saturated carbocycles. The van der Waals surface area contributed by atoms with Crippen LogP contribution in [0, 0.1) is 18.8 Å². The van der Waals surface area contributed by atoms with E-state index < -0.39 is 11.9 Å². The number of benzene rings is 1. The number of carbonyl (C=O) groups excluding carboxylic acids is 1. The maximum Gasteiger partial charge on any atom is 0.306 e. The molecule has 5 heteroatoms. The van der Waals surface area contributed by atoms with Crippen LogP contribution in [0.5, 0.6) is 5.75 Å². The summed E-state index contributed by atoms with van der Waals surface area (Å²) in [5.41, 5.74) is 6.62. The Balaban J connectivity index is 1.88. The number of amides is 1. The Hall–Kier alpha value is -2.04. The summed E-state index contributed by atoms with van der Waals surface area (Å²) in [4.78, 5) is 22.2. The number of nitrogens with two attached hydrogens (primary N) is 1. The highest BCUT2D eigenvalue weighted by molar-refractivity contribution is 5.94. The molecule has 0 aromatic heterocycles. The number of hydrogen-bond acceptors (Lipinski definition) is 3. The molecule has 1 aromatic carbocycles. The van der Waals surface area contributed by atoms with Crippen molar-refractivity contribution < 1.29 is 19.4 Å². The average Bonchev–Trinajstić information content (AvgIpc) is 2.46. The van der Waals surface area contributed by atoms with Gasteiger partial charge in [0.25, 0.3) is 0 Å². The van der Waals surface area contributed by atoms with Crippen molar-refractivity contribution in [2.24, 2.45) is 17.6 Å². The Labute approximate surface area is 124 Å². The van der Waals surface area contributed by atoms with Gasteiger partial charge in [-0.15, -0.1) is 0 Å². The fraction of sp³-hybridized carbons (Fsp3) is 0.500. The van der Waals surface area contributed by atoms with Gasteiger partial charge >= 0.3 is 5.97 Å². The molecule has 3 N–H and O–H groups in total. The standard InChI is InChI=1S/C16H21NO4/c1-10-2-7-13(8-14(10)15(17)18)21-9-11-3-5-12(6-4-11)16(19)20/h2,7-8,11-12H,3-6,9H2,1H3,(H2,17,18)(H,19,20). The summed E-state index contributed by atoms with van der Waals surface area (Å²) in [6.07, 6.45) is 3.16. The van der Waals surface area contributed by atoms with Gasteiger partial charge in [0, 0.05) is 5.56 Å². The van der Waals surface area contributed by atoms with E-state index in [1.807, 2.05) is 19.1 Å². The second-order valence-corrected chi connectivity index (χ2v) is 5.71. The number of carboxylic acid groups (broad SMARTS) is 1. The topological polar surface area (TPSA) is 89.6 Å². The molecule has 5 nitrogen and oxygen atoms in total.